The Bertz CT molecular complexity index is 320. The van der Waals surface area contributed by atoms with E-state index < -0.39 is 0 Å². The van der Waals surface area contributed by atoms with Gasteiger partial charge in [-0.2, -0.15) is 0 Å². The van der Waals surface area contributed by atoms with Gasteiger partial charge < -0.3 is 10.1 Å². The molecule has 0 amide bonds. The zero-order valence-electron chi connectivity index (χ0n) is 12.2. The summed E-state index contributed by atoms with van der Waals surface area (Å²) in [5, 5.41) is 3.44. The molecular formula is C16H27NO. The average molecular weight is 249 g/mol. The molecule has 102 valence electrons. The van der Waals surface area contributed by atoms with Gasteiger partial charge in [0.1, 0.15) is 5.75 Å². The molecule has 0 saturated heterocycles. The summed E-state index contributed by atoms with van der Waals surface area (Å²) in [5.74, 6) is 0.979. The van der Waals surface area contributed by atoms with Crippen LogP contribution >= 0.6 is 0 Å². The first-order valence-corrected chi connectivity index (χ1v) is 7.14. The highest BCUT2D eigenvalue weighted by Gasteiger charge is 2.03. The van der Waals surface area contributed by atoms with E-state index in [-0.39, 0.29) is 0 Å². The molecule has 1 rings (SSSR count). The molecule has 2 heteroatoms. The van der Waals surface area contributed by atoms with Crippen molar-refractivity contribution in [3.63, 3.8) is 0 Å². The summed E-state index contributed by atoms with van der Waals surface area (Å²) >= 11 is 0. The van der Waals surface area contributed by atoms with E-state index in [2.05, 4.69) is 57.3 Å². The Hall–Kier alpha value is -1.02. The molecule has 0 fully saturated rings. The predicted molar refractivity (Wildman–Crippen MR) is 78.3 cm³/mol. The fourth-order valence-electron chi connectivity index (χ4n) is 1.88. The van der Waals surface area contributed by atoms with Crippen LogP contribution in [0.25, 0.3) is 0 Å². The van der Waals surface area contributed by atoms with Crippen molar-refractivity contribution in [1.29, 1.82) is 0 Å². The third kappa shape index (κ3) is 5.54. The minimum Gasteiger partial charge on any atom is -0.491 e. The fraction of sp³-hybridized carbons (Fsp3) is 0.625. The highest BCUT2D eigenvalue weighted by molar-refractivity contribution is 5.27. The number of nitrogens with one attached hydrogen (secondary N) is 1. The van der Waals surface area contributed by atoms with Gasteiger partial charge in [-0.05, 0) is 57.4 Å². The number of aryl methyl sites for hydroxylation is 1. The van der Waals surface area contributed by atoms with Crippen LogP contribution in [0, 0.1) is 0 Å². The van der Waals surface area contributed by atoms with Crippen molar-refractivity contribution < 1.29 is 4.74 Å². The van der Waals surface area contributed by atoms with Crippen LogP contribution in [0.15, 0.2) is 24.3 Å². The van der Waals surface area contributed by atoms with Crippen molar-refractivity contribution in [3.05, 3.63) is 29.8 Å². The first-order valence-electron chi connectivity index (χ1n) is 7.14. The van der Waals surface area contributed by atoms with Crippen LogP contribution in [0.2, 0.25) is 0 Å². The summed E-state index contributed by atoms with van der Waals surface area (Å²) < 4.78 is 5.77. The molecule has 0 saturated carbocycles. The molecule has 1 N–H and O–H groups in total. The van der Waals surface area contributed by atoms with Crippen LogP contribution in [-0.2, 0) is 6.42 Å². The van der Waals surface area contributed by atoms with Crippen LogP contribution in [-0.4, -0.2) is 18.7 Å². The third-order valence-electron chi connectivity index (χ3n) is 3.25. The normalized spacial score (nSPS) is 14.2. The molecule has 0 aliphatic carbocycles. The number of benzene rings is 1. The van der Waals surface area contributed by atoms with Crippen molar-refractivity contribution in [2.75, 3.05) is 6.54 Å². The van der Waals surface area contributed by atoms with Crippen LogP contribution < -0.4 is 10.1 Å². The Morgan fingerprint density at radius 2 is 1.78 bits per heavy atom. The largest absolute Gasteiger partial charge is 0.491 e. The van der Waals surface area contributed by atoms with Crippen molar-refractivity contribution in [1.82, 2.24) is 5.32 Å². The van der Waals surface area contributed by atoms with Gasteiger partial charge in [-0.1, -0.05) is 26.0 Å². The number of hydrogen-bond acceptors (Lipinski definition) is 2. The van der Waals surface area contributed by atoms with E-state index in [0.29, 0.717) is 12.1 Å². The lowest BCUT2D eigenvalue weighted by Gasteiger charge is -2.14. The van der Waals surface area contributed by atoms with Gasteiger partial charge in [0, 0.05) is 6.04 Å². The predicted octanol–water partition coefficient (Wildman–Crippen LogP) is 3.79. The Labute approximate surface area is 112 Å². The standard InChI is InChI=1S/C16H27NO/c1-5-14(4)18-16-11-9-15(10-12-16)8-7-13(3)17-6-2/h9-14,17H,5-8H2,1-4H3. The molecule has 2 atom stereocenters. The minimum atomic E-state index is 0.296. The molecule has 0 aliphatic rings. The van der Waals surface area contributed by atoms with Gasteiger partial charge in [0.25, 0.3) is 0 Å². The van der Waals surface area contributed by atoms with Crippen molar-refractivity contribution in [2.45, 2.75) is 59.1 Å². The lowest BCUT2D eigenvalue weighted by atomic mass is 10.1. The highest BCUT2D eigenvalue weighted by atomic mass is 16.5. The second kappa shape index (κ2) is 8.15. The summed E-state index contributed by atoms with van der Waals surface area (Å²) in [5.41, 5.74) is 1.39. The Kier molecular flexibility index (Phi) is 6.81. The Balaban J connectivity index is 2.40. The maximum atomic E-state index is 5.77. The van der Waals surface area contributed by atoms with E-state index in [1.54, 1.807) is 0 Å². The SMILES string of the molecule is CCNC(C)CCc1ccc(OC(C)CC)cc1. The lowest BCUT2D eigenvalue weighted by Crippen LogP contribution is -2.25. The number of rotatable bonds is 8. The van der Waals surface area contributed by atoms with E-state index in [0.717, 1.165) is 25.1 Å². The first-order chi connectivity index (χ1) is 8.65. The topological polar surface area (TPSA) is 21.3 Å². The molecule has 2 nitrogen and oxygen atoms in total. The second-order valence-electron chi connectivity index (χ2n) is 4.98. The molecule has 1 aromatic rings. The third-order valence-corrected chi connectivity index (χ3v) is 3.25. The fourth-order valence-corrected chi connectivity index (χ4v) is 1.88. The van der Waals surface area contributed by atoms with Gasteiger partial charge in [-0.25, -0.2) is 0 Å². The summed E-state index contributed by atoms with van der Waals surface area (Å²) in [6, 6.07) is 9.11. The molecule has 0 spiro atoms. The Morgan fingerprint density at radius 3 is 2.33 bits per heavy atom. The van der Waals surface area contributed by atoms with E-state index in [1.165, 1.54) is 12.0 Å². The number of hydrogen-bond donors (Lipinski definition) is 1. The van der Waals surface area contributed by atoms with Crippen molar-refractivity contribution >= 4 is 0 Å². The van der Waals surface area contributed by atoms with Gasteiger partial charge in [-0.3, -0.25) is 0 Å². The first kappa shape index (κ1) is 15.0. The molecule has 0 bridgehead atoms. The van der Waals surface area contributed by atoms with Gasteiger partial charge in [-0.15, -0.1) is 0 Å². The van der Waals surface area contributed by atoms with E-state index >= 15 is 0 Å². The lowest BCUT2D eigenvalue weighted by molar-refractivity contribution is 0.217. The molecule has 18 heavy (non-hydrogen) atoms. The van der Waals surface area contributed by atoms with Gasteiger partial charge in [0.05, 0.1) is 6.10 Å². The summed E-state index contributed by atoms with van der Waals surface area (Å²) in [4.78, 5) is 0. The minimum absolute atomic E-state index is 0.296. The van der Waals surface area contributed by atoms with Crippen LogP contribution in [0.1, 0.15) is 46.1 Å². The molecule has 2 unspecified atom stereocenters. The van der Waals surface area contributed by atoms with Gasteiger partial charge >= 0.3 is 0 Å². The van der Waals surface area contributed by atoms with Crippen molar-refractivity contribution in [2.24, 2.45) is 0 Å². The van der Waals surface area contributed by atoms with Crippen LogP contribution in [0.5, 0.6) is 5.75 Å². The molecule has 1 aromatic carbocycles. The van der Waals surface area contributed by atoms with Crippen LogP contribution in [0.4, 0.5) is 0 Å². The Morgan fingerprint density at radius 1 is 1.11 bits per heavy atom. The van der Waals surface area contributed by atoms with E-state index in [9.17, 15) is 0 Å². The quantitative estimate of drug-likeness (QED) is 0.756. The van der Waals surface area contributed by atoms with Crippen molar-refractivity contribution in [3.8, 4) is 5.75 Å². The van der Waals surface area contributed by atoms with E-state index in [1.807, 2.05) is 0 Å². The van der Waals surface area contributed by atoms with Gasteiger partial charge in [0.2, 0.25) is 0 Å². The molecule has 0 aromatic heterocycles. The van der Waals surface area contributed by atoms with Crippen LogP contribution in [0.3, 0.4) is 0 Å². The highest BCUT2D eigenvalue weighted by Crippen LogP contribution is 2.16. The smallest absolute Gasteiger partial charge is 0.119 e. The summed E-state index contributed by atoms with van der Waals surface area (Å²) in [6.45, 7) is 9.68. The summed E-state index contributed by atoms with van der Waals surface area (Å²) in [6.07, 6.45) is 3.64. The zero-order valence-corrected chi connectivity index (χ0v) is 12.2. The van der Waals surface area contributed by atoms with Gasteiger partial charge in [0.15, 0.2) is 0 Å². The maximum absolute atomic E-state index is 5.77. The average Bonchev–Trinajstić information content (AvgIpc) is 2.38. The monoisotopic (exact) mass is 249 g/mol. The molecule has 0 radical (unpaired) electrons. The summed E-state index contributed by atoms with van der Waals surface area (Å²) in [7, 11) is 0. The number of ether oxygens (including phenoxy) is 1. The zero-order chi connectivity index (χ0) is 13.4. The molecule has 0 aliphatic heterocycles. The molecular weight excluding hydrogens is 222 g/mol. The molecule has 0 heterocycles. The van der Waals surface area contributed by atoms with E-state index in [4.69, 9.17) is 4.74 Å². The maximum Gasteiger partial charge on any atom is 0.119 e. The second-order valence-corrected chi connectivity index (χ2v) is 4.98.